The second kappa shape index (κ2) is 6.93. The zero-order valence-corrected chi connectivity index (χ0v) is 14.0. The summed E-state index contributed by atoms with van der Waals surface area (Å²) in [4.78, 5) is 2.25. The van der Waals surface area contributed by atoms with E-state index in [1.165, 1.54) is 25.7 Å². The predicted octanol–water partition coefficient (Wildman–Crippen LogP) is 3.02. The molecule has 1 aromatic heterocycles. The molecule has 0 spiro atoms. The highest BCUT2D eigenvalue weighted by Crippen LogP contribution is 2.35. The SMILES string of the molecule is CC(C)n1ccc(CC(O)C2(N(C)C)CCCCCC2)n1. The molecule has 2 rings (SSSR count). The maximum absolute atomic E-state index is 10.9. The van der Waals surface area contributed by atoms with Gasteiger partial charge in [0, 0.05) is 24.2 Å². The predicted molar refractivity (Wildman–Crippen MR) is 86.4 cm³/mol. The summed E-state index contributed by atoms with van der Waals surface area (Å²) in [5, 5.41) is 15.5. The zero-order valence-electron chi connectivity index (χ0n) is 14.0. The summed E-state index contributed by atoms with van der Waals surface area (Å²) in [6.45, 7) is 4.25. The number of hydrogen-bond acceptors (Lipinski definition) is 3. The molecule has 1 atom stereocenters. The second-order valence-electron chi connectivity index (χ2n) is 7.01. The molecule has 0 radical (unpaired) electrons. The molecule has 4 heteroatoms. The third kappa shape index (κ3) is 3.67. The number of hydrogen-bond donors (Lipinski definition) is 1. The molecule has 1 saturated carbocycles. The van der Waals surface area contributed by atoms with Gasteiger partial charge in [0.15, 0.2) is 0 Å². The summed E-state index contributed by atoms with van der Waals surface area (Å²) in [5.41, 5.74) is 0.916. The van der Waals surface area contributed by atoms with Crippen molar-refractivity contribution in [1.29, 1.82) is 0 Å². The fourth-order valence-electron chi connectivity index (χ4n) is 3.58. The number of aliphatic hydroxyl groups is 1. The first-order chi connectivity index (χ1) is 9.95. The summed E-state index contributed by atoms with van der Waals surface area (Å²) in [7, 11) is 4.22. The molecule has 120 valence electrons. The first-order valence-corrected chi connectivity index (χ1v) is 8.35. The van der Waals surface area contributed by atoms with E-state index in [1.54, 1.807) is 0 Å². The first-order valence-electron chi connectivity index (χ1n) is 8.35. The highest BCUT2D eigenvalue weighted by Gasteiger charge is 2.40. The van der Waals surface area contributed by atoms with Crippen LogP contribution in [0, 0.1) is 0 Å². The molecule has 0 aromatic carbocycles. The molecule has 1 heterocycles. The van der Waals surface area contributed by atoms with Crippen LogP contribution in [0.5, 0.6) is 0 Å². The van der Waals surface area contributed by atoms with E-state index >= 15 is 0 Å². The molecule has 1 unspecified atom stereocenters. The minimum absolute atomic E-state index is 0.0852. The van der Waals surface area contributed by atoms with Gasteiger partial charge in [-0.15, -0.1) is 0 Å². The van der Waals surface area contributed by atoms with E-state index in [1.807, 2.05) is 16.9 Å². The molecule has 1 N–H and O–H groups in total. The maximum Gasteiger partial charge on any atom is 0.0779 e. The van der Waals surface area contributed by atoms with Gasteiger partial charge in [0.2, 0.25) is 0 Å². The molecule has 0 saturated heterocycles. The number of likely N-dealkylation sites (N-methyl/N-ethyl adjacent to an activating group) is 1. The van der Waals surface area contributed by atoms with Gasteiger partial charge in [-0.3, -0.25) is 4.68 Å². The normalized spacial score (nSPS) is 20.7. The van der Waals surface area contributed by atoms with E-state index in [0.29, 0.717) is 12.5 Å². The second-order valence-corrected chi connectivity index (χ2v) is 7.01. The fourth-order valence-corrected chi connectivity index (χ4v) is 3.58. The van der Waals surface area contributed by atoms with Crippen LogP contribution in [0.25, 0.3) is 0 Å². The van der Waals surface area contributed by atoms with Gasteiger partial charge < -0.3 is 10.0 Å². The van der Waals surface area contributed by atoms with Crippen LogP contribution in [-0.4, -0.2) is 45.5 Å². The topological polar surface area (TPSA) is 41.3 Å². The summed E-state index contributed by atoms with van der Waals surface area (Å²) < 4.78 is 1.97. The quantitative estimate of drug-likeness (QED) is 0.849. The summed E-state index contributed by atoms with van der Waals surface area (Å²) >= 11 is 0. The van der Waals surface area contributed by atoms with E-state index in [2.05, 4.69) is 37.9 Å². The molecular formula is C17H31N3O. The lowest BCUT2D eigenvalue weighted by atomic mass is 9.81. The van der Waals surface area contributed by atoms with E-state index in [-0.39, 0.29) is 11.6 Å². The van der Waals surface area contributed by atoms with Gasteiger partial charge in [0.1, 0.15) is 0 Å². The van der Waals surface area contributed by atoms with Gasteiger partial charge in [0.25, 0.3) is 0 Å². The van der Waals surface area contributed by atoms with Gasteiger partial charge in [-0.1, -0.05) is 25.7 Å². The van der Waals surface area contributed by atoms with Crippen molar-refractivity contribution in [2.75, 3.05) is 14.1 Å². The Balaban J connectivity index is 2.12. The maximum atomic E-state index is 10.9. The van der Waals surface area contributed by atoms with E-state index in [9.17, 15) is 5.11 Å². The summed E-state index contributed by atoms with van der Waals surface area (Å²) in [5.74, 6) is 0. The van der Waals surface area contributed by atoms with Crippen LogP contribution < -0.4 is 0 Å². The number of rotatable bonds is 5. The summed E-state index contributed by atoms with van der Waals surface area (Å²) in [6, 6.07) is 2.42. The molecule has 1 aliphatic carbocycles. The Kier molecular flexibility index (Phi) is 5.44. The Bertz CT molecular complexity index is 431. The van der Waals surface area contributed by atoms with Crippen molar-refractivity contribution in [3.63, 3.8) is 0 Å². The molecule has 0 amide bonds. The standard InChI is InChI=1S/C17H31N3O/c1-14(2)20-12-9-15(18-20)13-16(21)17(19(3)4)10-7-5-6-8-11-17/h9,12,14,16,21H,5-8,10-11,13H2,1-4H3. The zero-order chi connectivity index (χ0) is 15.5. The molecule has 1 aromatic rings. The molecule has 4 nitrogen and oxygen atoms in total. The molecule has 1 fully saturated rings. The van der Waals surface area contributed by atoms with E-state index in [0.717, 1.165) is 18.5 Å². The third-order valence-electron chi connectivity index (χ3n) is 5.08. The average molecular weight is 293 g/mol. The smallest absolute Gasteiger partial charge is 0.0779 e. The number of nitrogens with zero attached hydrogens (tertiary/aromatic N) is 3. The molecule has 1 aliphatic rings. The largest absolute Gasteiger partial charge is 0.391 e. The van der Waals surface area contributed by atoms with Crippen molar-refractivity contribution in [3.8, 4) is 0 Å². The highest BCUT2D eigenvalue weighted by molar-refractivity contribution is 5.06. The lowest BCUT2D eigenvalue weighted by molar-refractivity contribution is -0.0180. The molecule has 0 aliphatic heterocycles. The van der Waals surface area contributed by atoms with Crippen molar-refractivity contribution in [1.82, 2.24) is 14.7 Å². The third-order valence-corrected chi connectivity index (χ3v) is 5.08. The minimum atomic E-state index is -0.346. The lowest BCUT2D eigenvalue weighted by Gasteiger charge is -2.43. The summed E-state index contributed by atoms with van der Waals surface area (Å²) in [6.07, 6.45) is 9.53. The van der Waals surface area contributed by atoms with Crippen molar-refractivity contribution in [2.45, 2.75) is 76.5 Å². The number of aromatic nitrogens is 2. The van der Waals surface area contributed by atoms with Gasteiger partial charge >= 0.3 is 0 Å². The monoisotopic (exact) mass is 293 g/mol. The molecular weight excluding hydrogens is 262 g/mol. The van der Waals surface area contributed by atoms with Crippen LogP contribution in [0.2, 0.25) is 0 Å². The van der Waals surface area contributed by atoms with Crippen LogP contribution in [-0.2, 0) is 6.42 Å². The van der Waals surface area contributed by atoms with Gasteiger partial charge in [-0.2, -0.15) is 5.10 Å². The van der Waals surface area contributed by atoms with Crippen LogP contribution in [0.3, 0.4) is 0 Å². The first kappa shape index (κ1) is 16.5. The Morgan fingerprint density at radius 1 is 1.24 bits per heavy atom. The molecule has 0 bridgehead atoms. The van der Waals surface area contributed by atoms with Crippen LogP contribution in [0.15, 0.2) is 12.3 Å². The van der Waals surface area contributed by atoms with Crippen molar-refractivity contribution < 1.29 is 5.11 Å². The van der Waals surface area contributed by atoms with Crippen molar-refractivity contribution >= 4 is 0 Å². The minimum Gasteiger partial charge on any atom is -0.391 e. The lowest BCUT2D eigenvalue weighted by Crippen LogP contribution is -2.54. The fraction of sp³-hybridized carbons (Fsp3) is 0.824. The van der Waals surface area contributed by atoms with Crippen molar-refractivity contribution in [3.05, 3.63) is 18.0 Å². The Morgan fingerprint density at radius 2 is 1.86 bits per heavy atom. The Morgan fingerprint density at radius 3 is 2.33 bits per heavy atom. The van der Waals surface area contributed by atoms with Gasteiger partial charge in [-0.05, 0) is 46.9 Å². The van der Waals surface area contributed by atoms with E-state index in [4.69, 9.17) is 0 Å². The van der Waals surface area contributed by atoms with Crippen molar-refractivity contribution in [2.24, 2.45) is 0 Å². The van der Waals surface area contributed by atoms with E-state index < -0.39 is 0 Å². The van der Waals surface area contributed by atoms with Crippen LogP contribution in [0.1, 0.15) is 64.1 Å². The Labute approximate surface area is 129 Å². The average Bonchev–Trinajstić information content (AvgIpc) is 2.74. The van der Waals surface area contributed by atoms with Crippen LogP contribution in [0.4, 0.5) is 0 Å². The highest BCUT2D eigenvalue weighted by atomic mass is 16.3. The van der Waals surface area contributed by atoms with Crippen LogP contribution >= 0.6 is 0 Å². The number of aliphatic hydroxyl groups excluding tert-OH is 1. The van der Waals surface area contributed by atoms with Gasteiger partial charge in [0.05, 0.1) is 11.8 Å². The Hall–Kier alpha value is -0.870. The molecule has 21 heavy (non-hydrogen) atoms. The van der Waals surface area contributed by atoms with Gasteiger partial charge in [-0.25, -0.2) is 0 Å².